The van der Waals surface area contributed by atoms with E-state index in [0.29, 0.717) is 6.07 Å². The summed E-state index contributed by atoms with van der Waals surface area (Å²) in [4.78, 5) is 30.9. The quantitative estimate of drug-likeness (QED) is 0.0545. The van der Waals surface area contributed by atoms with Crippen LogP contribution in [0.1, 0.15) is 37.4 Å². The van der Waals surface area contributed by atoms with Crippen LogP contribution in [0.4, 0.5) is 37.3 Å². The van der Waals surface area contributed by atoms with E-state index in [1.807, 2.05) is 0 Å². The first kappa shape index (κ1) is 36.9. The monoisotopic (exact) mass is 695 g/mol. The molecule has 1 heterocycles. The van der Waals surface area contributed by atoms with Gasteiger partial charge in [-0.05, 0) is 30.7 Å². The molecule has 222 valence electrons. The van der Waals surface area contributed by atoms with Crippen molar-refractivity contribution < 1.29 is 103 Å². The van der Waals surface area contributed by atoms with E-state index in [9.17, 15) is 44.3 Å². The van der Waals surface area contributed by atoms with E-state index in [4.69, 9.17) is 17.3 Å². The van der Waals surface area contributed by atoms with Crippen LogP contribution in [0.5, 0.6) is 0 Å². The van der Waals surface area contributed by atoms with Crippen LogP contribution < -0.4 is 75.5 Å². The smallest absolute Gasteiger partial charge is 0.744 e. The summed E-state index contributed by atoms with van der Waals surface area (Å²) in [6.07, 6.45) is -1.55. The number of carbonyl (C=O) groups is 2. The van der Waals surface area contributed by atoms with Gasteiger partial charge in [-0.1, -0.05) is 35.9 Å². The summed E-state index contributed by atoms with van der Waals surface area (Å²) in [7, 11) is -10.7. The molecule has 13 nitrogen and oxygen atoms in total. The summed E-state index contributed by atoms with van der Waals surface area (Å²) in [6.45, 7) is 1.37. The van der Waals surface area contributed by atoms with Crippen molar-refractivity contribution >= 4 is 72.0 Å². The van der Waals surface area contributed by atoms with E-state index in [-0.39, 0.29) is 81.5 Å². The minimum atomic E-state index is -5.35. The van der Waals surface area contributed by atoms with Crippen LogP contribution in [0.15, 0.2) is 52.3 Å². The largest absolute Gasteiger partial charge is 1.00 e. The molecule has 0 saturated carbocycles. The topological polar surface area (TPSA) is 224 Å². The number of fused-ring (bicyclic) bond motifs is 2. The van der Waals surface area contributed by atoms with Crippen molar-refractivity contribution in [2.75, 3.05) is 16.4 Å². The number of nitrogens with two attached hydrogens (primary N) is 1. The van der Waals surface area contributed by atoms with Crippen LogP contribution in [-0.4, -0.2) is 47.5 Å². The molecule has 0 atom stereocenters. The zero-order valence-electron chi connectivity index (χ0n) is 23.2. The van der Waals surface area contributed by atoms with E-state index in [1.165, 1.54) is 31.2 Å². The van der Waals surface area contributed by atoms with Crippen molar-refractivity contribution in [1.29, 1.82) is 0 Å². The van der Waals surface area contributed by atoms with E-state index >= 15 is 0 Å². The Morgan fingerprint density at radius 2 is 1.33 bits per heavy atom. The minimum Gasteiger partial charge on any atom is -0.744 e. The Morgan fingerprint density at radius 3 is 1.89 bits per heavy atom. The van der Waals surface area contributed by atoms with Gasteiger partial charge < -0.3 is 25.5 Å². The molecule has 4 aromatic rings. The zero-order chi connectivity index (χ0) is 31.6. The van der Waals surface area contributed by atoms with Gasteiger partial charge in [0.05, 0.1) is 38.0 Å². The van der Waals surface area contributed by atoms with Crippen LogP contribution in [0, 0.1) is 18.9 Å². The number of rotatable bonds is 6. The van der Waals surface area contributed by atoms with Gasteiger partial charge in [0, 0.05) is 16.8 Å². The van der Waals surface area contributed by atoms with Gasteiger partial charge >= 0.3 is 65.2 Å². The summed E-state index contributed by atoms with van der Waals surface area (Å²) in [5.74, 6) is -3.81. The standard InChI is InChI=1S/C25H16ClF2N5O8S2.2Na/c1-9-6-13(31-24-19(26)23(27)32-25(28)33-24)15(42(36,37)38)7-12(9)30-14-8-16(43(39,40)41)20(29)18-17(14)21(34)10-4-2-3-5-11(10)22(18)35;;/h2-8,30H,29H2,1H3,(H,31,32,33)(H,36,37,38)(H,39,40,41);;/q;2*+1/p-2. The molecule has 1 aliphatic carbocycles. The second-order valence-electron chi connectivity index (χ2n) is 9.06. The summed E-state index contributed by atoms with van der Waals surface area (Å²) in [5.41, 5.74) is 2.97. The number of aromatic nitrogens is 2. The Balaban J connectivity index is 0.00000276. The maximum atomic E-state index is 13.8. The van der Waals surface area contributed by atoms with E-state index < -0.39 is 92.6 Å². The van der Waals surface area contributed by atoms with Crippen molar-refractivity contribution in [3.8, 4) is 0 Å². The number of aryl methyl sites for hydroxylation is 1. The molecule has 0 aliphatic heterocycles. The molecule has 45 heavy (non-hydrogen) atoms. The maximum absolute atomic E-state index is 13.8. The third kappa shape index (κ3) is 6.93. The average Bonchev–Trinajstić information content (AvgIpc) is 2.90. The van der Waals surface area contributed by atoms with Crippen molar-refractivity contribution in [2.45, 2.75) is 16.7 Å². The number of halogens is 3. The first-order valence-corrected chi connectivity index (χ1v) is 14.8. The number of nitrogens with one attached hydrogen (secondary N) is 2. The van der Waals surface area contributed by atoms with E-state index in [2.05, 4.69) is 20.6 Å². The normalized spacial score (nSPS) is 12.4. The fourth-order valence-electron chi connectivity index (χ4n) is 4.48. The number of benzene rings is 3. The van der Waals surface area contributed by atoms with Crippen LogP contribution in [-0.2, 0) is 20.2 Å². The van der Waals surface area contributed by atoms with Crippen LogP contribution in [0.25, 0.3) is 0 Å². The molecular weight excluding hydrogens is 682 g/mol. The molecule has 0 radical (unpaired) electrons. The van der Waals surface area contributed by atoms with E-state index in [1.54, 1.807) is 0 Å². The summed E-state index contributed by atoms with van der Waals surface area (Å²) in [5, 5.41) is 4.06. The number of nitrogen functional groups attached to an aromatic ring is 1. The molecule has 1 aromatic heterocycles. The molecule has 20 heteroatoms. The Labute approximate surface area is 303 Å². The summed E-state index contributed by atoms with van der Waals surface area (Å²) >= 11 is 5.74. The van der Waals surface area contributed by atoms with Gasteiger partial charge in [-0.25, -0.2) is 16.8 Å². The van der Waals surface area contributed by atoms with Gasteiger partial charge in [0.25, 0.3) is 0 Å². The van der Waals surface area contributed by atoms with Crippen LogP contribution >= 0.6 is 11.6 Å². The van der Waals surface area contributed by atoms with Gasteiger partial charge in [-0.3, -0.25) is 9.59 Å². The van der Waals surface area contributed by atoms with Crippen LogP contribution in [0.2, 0.25) is 5.02 Å². The number of hydrogen-bond acceptors (Lipinski definition) is 13. The van der Waals surface area contributed by atoms with Crippen molar-refractivity contribution in [2.24, 2.45) is 0 Å². The van der Waals surface area contributed by atoms with Gasteiger partial charge in [-0.15, -0.1) is 0 Å². The second kappa shape index (κ2) is 13.3. The SMILES string of the molecule is Cc1cc(Nc2nc(F)nc(F)c2Cl)c(S(=O)(=O)[O-])cc1Nc1cc(S(=O)(=O)[O-])c(N)c2c1C(=O)c1ccccc1C2=O.[Na+].[Na+]. The Kier molecular flexibility index (Phi) is 10.9. The first-order chi connectivity index (χ1) is 20.0. The number of nitrogens with zero attached hydrogens (tertiary/aromatic N) is 2. The molecule has 0 amide bonds. The molecule has 0 saturated heterocycles. The molecule has 5 rings (SSSR count). The molecule has 3 aromatic carbocycles. The predicted octanol–water partition coefficient (Wildman–Crippen LogP) is -2.62. The minimum absolute atomic E-state index is 0. The molecule has 1 aliphatic rings. The van der Waals surface area contributed by atoms with Gasteiger partial charge in [-0.2, -0.15) is 18.7 Å². The Morgan fingerprint density at radius 1 is 0.800 bits per heavy atom. The van der Waals surface area contributed by atoms with Crippen molar-refractivity contribution in [3.05, 3.63) is 87.3 Å². The number of anilines is 5. The predicted molar refractivity (Wildman–Crippen MR) is 145 cm³/mol. The number of hydrogen-bond donors (Lipinski definition) is 3. The van der Waals surface area contributed by atoms with E-state index in [0.717, 1.165) is 12.1 Å². The fourth-order valence-corrected chi connectivity index (χ4v) is 5.88. The average molecular weight is 696 g/mol. The summed E-state index contributed by atoms with van der Waals surface area (Å²) in [6, 6.07) is 8.10. The molecule has 0 fully saturated rings. The molecular formula is C25H14ClF2N5Na2O8S2. The number of carbonyl (C=O) groups excluding carboxylic acids is 2. The number of ketones is 2. The van der Waals surface area contributed by atoms with Gasteiger partial charge in [0.2, 0.25) is 5.95 Å². The molecule has 0 spiro atoms. The van der Waals surface area contributed by atoms with Crippen molar-refractivity contribution in [1.82, 2.24) is 9.97 Å². The second-order valence-corrected chi connectivity index (χ2v) is 12.1. The Hall–Kier alpha value is -2.55. The summed E-state index contributed by atoms with van der Waals surface area (Å²) < 4.78 is 100. The van der Waals surface area contributed by atoms with Crippen LogP contribution in [0.3, 0.4) is 0 Å². The zero-order valence-corrected chi connectivity index (χ0v) is 29.6. The van der Waals surface area contributed by atoms with Crippen molar-refractivity contribution in [3.63, 3.8) is 0 Å². The third-order valence-corrected chi connectivity index (χ3v) is 8.46. The molecule has 0 bridgehead atoms. The maximum Gasteiger partial charge on any atom is 1.00 e. The van der Waals surface area contributed by atoms with Gasteiger partial charge in [0.1, 0.15) is 25.3 Å². The third-order valence-electron chi connectivity index (χ3n) is 6.37. The van der Waals surface area contributed by atoms with Gasteiger partial charge in [0.15, 0.2) is 17.4 Å². The first-order valence-electron chi connectivity index (χ1n) is 11.6. The fraction of sp³-hybridized carbons (Fsp3) is 0.0400. The molecule has 0 unspecified atom stereocenters. The molecule has 4 N–H and O–H groups in total. The Bertz CT molecular complexity index is 2160.